The normalized spacial score (nSPS) is 10.8. The molecule has 0 aliphatic rings. The van der Waals surface area contributed by atoms with E-state index in [0.717, 1.165) is 0 Å². The van der Waals surface area contributed by atoms with Gasteiger partial charge in [0.15, 0.2) is 9.54 Å². The van der Waals surface area contributed by atoms with Crippen molar-refractivity contribution in [2.45, 2.75) is 6.92 Å². The summed E-state index contributed by atoms with van der Waals surface area (Å²) in [5, 5.41) is 21.8. The highest BCUT2D eigenvalue weighted by molar-refractivity contribution is 7.71. The third kappa shape index (κ3) is 5.74. The van der Waals surface area contributed by atoms with Crippen LogP contribution in [0, 0.1) is 9.54 Å². The van der Waals surface area contributed by atoms with Gasteiger partial charge in [-0.3, -0.25) is 28.7 Å². The van der Waals surface area contributed by atoms with Gasteiger partial charge < -0.3 is 19.7 Å². The summed E-state index contributed by atoms with van der Waals surface area (Å²) in [6.45, 7) is 1.67. The molecule has 0 radical (unpaired) electrons. The maximum absolute atomic E-state index is 12.6. The standard InChI is InChI=1S/C28H24N4O6S2/c1-16(10-12-21-23(33)29-27(39)31(25(21)35)17-6-4-8-19(14-17)37-2)11-13-22-24(34)30-28(40)32(26(22)36)18-7-5-9-20(15-18)38-3/h4-10,12-15,35-36H,1-3H3,(H,29,33,39)(H,30,34,40). The highest BCUT2D eigenvalue weighted by Gasteiger charge is 2.14. The fraction of sp³-hybridized carbons (Fsp3) is 0.107. The summed E-state index contributed by atoms with van der Waals surface area (Å²) in [6, 6.07) is 13.6. The summed E-state index contributed by atoms with van der Waals surface area (Å²) in [4.78, 5) is 30.3. The van der Waals surface area contributed by atoms with Crippen LogP contribution in [0.4, 0.5) is 0 Å². The third-order valence-corrected chi connectivity index (χ3v) is 6.38. The fourth-order valence-corrected chi connectivity index (χ4v) is 4.35. The van der Waals surface area contributed by atoms with E-state index in [4.69, 9.17) is 33.9 Å². The van der Waals surface area contributed by atoms with E-state index in [-0.39, 0.29) is 32.4 Å². The first-order chi connectivity index (χ1) is 19.1. The minimum atomic E-state index is -0.611. The van der Waals surface area contributed by atoms with E-state index in [9.17, 15) is 19.8 Å². The van der Waals surface area contributed by atoms with E-state index in [1.54, 1.807) is 55.5 Å². The van der Waals surface area contributed by atoms with Crippen molar-refractivity contribution >= 4 is 36.6 Å². The molecular weight excluding hydrogens is 552 g/mol. The maximum Gasteiger partial charge on any atom is 0.263 e. The van der Waals surface area contributed by atoms with Crippen LogP contribution in [0.1, 0.15) is 18.1 Å². The van der Waals surface area contributed by atoms with Crippen LogP contribution >= 0.6 is 24.4 Å². The van der Waals surface area contributed by atoms with Crippen LogP contribution < -0.4 is 20.6 Å². The van der Waals surface area contributed by atoms with Gasteiger partial charge in [-0.25, -0.2) is 0 Å². The van der Waals surface area contributed by atoms with Gasteiger partial charge in [0.2, 0.25) is 11.8 Å². The van der Waals surface area contributed by atoms with Gasteiger partial charge in [0.05, 0.1) is 25.6 Å². The first kappa shape index (κ1) is 28.1. The SMILES string of the molecule is COc1cccc(-n2c(O)c(C=C=C(C)C=Cc3c(O)n(-c4cccc(OC)c4)c(=S)[nH]c3=O)c(=O)[nH]c2=S)c1. The van der Waals surface area contributed by atoms with E-state index >= 15 is 0 Å². The predicted molar refractivity (Wildman–Crippen MR) is 157 cm³/mol. The van der Waals surface area contributed by atoms with Gasteiger partial charge in [-0.2, -0.15) is 0 Å². The van der Waals surface area contributed by atoms with Gasteiger partial charge in [0, 0.05) is 12.1 Å². The number of benzene rings is 2. The Bertz CT molecular complexity index is 1940. The second-order valence-corrected chi connectivity index (χ2v) is 9.15. The zero-order valence-corrected chi connectivity index (χ0v) is 23.2. The van der Waals surface area contributed by atoms with Crippen molar-refractivity contribution in [3.8, 4) is 34.6 Å². The summed E-state index contributed by atoms with van der Waals surface area (Å²) in [7, 11) is 3.02. The monoisotopic (exact) mass is 576 g/mol. The number of aromatic hydroxyl groups is 2. The van der Waals surface area contributed by atoms with Crippen molar-refractivity contribution in [1.82, 2.24) is 19.1 Å². The molecule has 10 nitrogen and oxygen atoms in total. The molecule has 0 fully saturated rings. The Kier molecular flexibility index (Phi) is 8.34. The van der Waals surface area contributed by atoms with Crippen molar-refractivity contribution in [1.29, 1.82) is 0 Å². The molecule has 0 saturated carbocycles. The second kappa shape index (κ2) is 11.9. The average molecular weight is 577 g/mol. The largest absolute Gasteiger partial charge is 0.497 e. The molecule has 0 saturated heterocycles. The predicted octanol–water partition coefficient (Wildman–Crippen LogP) is 4.80. The van der Waals surface area contributed by atoms with Crippen molar-refractivity contribution in [3.63, 3.8) is 0 Å². The van der Waals surface area contributed by atoms with Crippen LogP contribution in [0.2, 0.25) is 0 Å². The molecule has 4 rings (SSSR count). The minimum absolute atomic E-state index is 0.00210. The van der Waals surface area contributed by atoms with Gasteiger partial charge in [-0.05, 0) is 73.4 Å². The van der Waals surface area contributed by atoms with Crippen LogP contribution in [0.3, 0.4) is 0 Å². The number of hydrogen-bond acceptors (Lipinski definition) is 8. The molecule has 0 aliphatic heterocycles. The third-order valence-electron chi connectivity index (χ3n) is 5.81. The topological polar surface area (TPSA) is 134 Å². The Morgan fingerprint density at radius 3 is 1.82 bits per heavy atom. The Balaban J connectivity index is 1.75. The van der Waals surface area contributed by atoms with Crippen LogP contribution in [0.15, 0.2) is 75.5 Å². The number of aromatic amines is 2. The molecule has 2 aromatic heterocycles. The number of nitrogens with zero attached hydrogens (tertiary/aromatic N) is 2. The summed E-state index contributed by atoms with van der Waals surface area (Å²) in [6.07, 6.45) is 4.21. The molecule has 12 heteroatoms. The molecule has 0 bridgehead atoms. The molecule has 2 heterocycles. The minimum Gasteiger partial charge on any atom is -0.497 e. The fourth-order valence-electron chi connectivity index (χ4n) is 3.78. The molecule has 0 atom stereocenters. The zero-order valence-electron chi connectivity index (χ0n) is 21.6. The van der Waals surface area contributed by atoms with E-state index in [1.165, 1.54) is 41.6 Å². The number of ether oxygens (including phenoxy) is 2. The zero-order chi connectivity index (χ0) is 29.0. The number of allylic oxidation sites excluding steroid dienone is 2. The summed E-state index contributed by atoms with van der Waals surface area (Å²) in [5.74, 6) is 0.323. The molecule has 0 amide bonds. The maximum atomic E-state index is 12.6. The van der Waals surface area contributed by atoms with Crippen molar-refractivity contribution in [2.75, 3.05) is 14.2 Å². The van der Waals surface area contributed by atoms with Crippen molar-refractivity contribution < 1.29 is 19.7 Å². The lowest BCUT2D eigenvalue weighted by Crippen LogP contribution is -2.16. The molecule has 0 spiro atoms. The molecular formula is C28H24N4O6S2. The number of nitrogens with one attached hydrogen (secondary N) is 2. The van der Waals surface area contributed by atoms with E-state index in [2.05, 4.69) is 15.7 Å². The Labute approximate surface area is 238 Å². The van der Waals surface area contributed by atoms with Gasteiger partial charge in [0.1, 0.15) is 22.6 Å². The van der Waals surface area contributed by atoms with E-state index in [0.29, 0.717) is 28.4 Å². The summed E-state index contributed by atoms with van der Waals surface area (Å²) < 4.78 is 13.1. The second-order valence-electron chi connectivity index (χ2n) is 8.37. The molecule has 4 N–H and O–H groups in total. The van der Waals surface area contributed by atoms with Gasteiger partial charge in [-0.15, -0.1) is 5.73 Å². The van der Waals surface area contributed by atoms with Crippen LogP contribution in [0.5, 0.6) is 23.3 Å². The first-order valence-electron chi connectivity index (χ1n) is 11.7. The molecule has 204 valence electrons. The number of rotatable bonds is 7. The van der Waals surface area contributed by atoms with E-state index in [1.807, 2.05) is 0 Å². The summed E-state index contributed by atoms with van der Waals surface area (Å²) >= 11 is 10.5. The number of aromatic nitrogens is 4. The van der Waals surface area contributed by atoms with Gasteiger partial charge in [-0.1, -0.05) is 18.2 Å². The molecule has 0 aliphatic carbocycles. The van der Waals surface area contributed by atoms with Crippen LogP contribution in [-0.4, -0.2) is 43.5 Å². The highest BCUT2D eigenvalue weighted by atomic mass is 32.1. The molecule has 40 heavy (non-hydrogen) atoms. The first-order valence-corrected chi connectivity index (χ1v) is 12.5. The molecule has 2 aromatic carbocycles. The highest BCUT2D eigenvalue weighted by Crippen LogP contribution is 2.25. The summed E-state index contributed by atoms with van der Waals surface area (Å²) in [5.41, 5.74) is 3.01. The Hall–Kier alpha value is -4.90. The quantitative estimate of drug-likeness (QED) is 0.140. The van der Waals surface area contributed by atoms with Crippen molar-refractivity contribution in [2.24, 2.45) is 0 Å². The van der Waals surface area contributed by atoms with Crippen LogP contribution in [-0.2, 0) is 0 Å². The molecule has 0 unspecified atom stereocenters. The lowest BCUT2D eigenvalue weighted by atomic mass is 10.2. The van der Waals surface area contributed by atoms with Gasteiger partial charge in [0.25, 0.3) is 11.1 Å². The van der Waals surface area contributed by atoms with Gasteiger partial charge >= 0.3 is 0 Å². The Morgan fingerprint density at radius 2 is 1.32 bits per heavy atom. The molecule has 4 aromatic rings. The number of methoxy groups -OCH3 is 2. The lowest BCUT2D eigenvalue weighted by Gasteiger charge is -2.12. The lowest BCUT2D eigenvalue weighted by molar-refractivity contribution is 0.412. The van der Waals surface area contributed by atoms with Crippen molar-refractivity contribution in [3.05, 3.63) is 107 Å². The number of H-pyrrole nitrogens is 2. The smallest absolute Gasteiger partial charge is 0.263 e. The van der Waals surface area contributed by atoms with E-state index < -0.39 is 11.1 Å². The van der Waals surface area contributed by atoms with Crippen LogP contribution in [0.25, 0.3) is 23.5 Å². The number of hydrogen-bond donors (Lipinski definition) is 4. The Morgan fingerprint density at radius 1 is 0.850 bits per heavy atom. The average Bonchev–Trinajstić information content (AvgIpc) is 2.92.